The van der Waals surface area contributed by atoms with Crippen molar-refractivity contribution >= 4 is 49.2 Å². The van der Waals surface area contributed by atoms with Crippen molar-refractivity contribution in [3.05, 3.63) is 39.8 Å². The van der Waals surface area contributed by atoms with Crippen LogP contribution in [0.15, 0.2) is 39.7 Å². The molecule has 0 aromatic heterocycles. The van der Waals surface area contributed by atoms with Crippen molar-refractivity contribution in [2.45, 2.75) is 4.90 Å². The third kappa shape index (κ3) is 4.60. The molecule has 0 saturated heterocycles. The van der Waals surface area contributed by atoms with Crippen LogP contribution in [-0.2, 0) is 10.0 Å². The number of allylic oxidation sites excluding steroid dienone is 1. The van der Waals surface area contributed by atoms with E-state index >= 15 is 0 Å². The molecule has 1 aromatic carbocycles. The molecule has 0 spiro atoms. The minimum atomic E-state index is -3.51. The largest absolute Gasteiger partial charge is 0.240 e. The predicted molar refractivity (Wildman–Crippen MR) is 74.2 cm³/mol. The van der Waals surface area contributed by atoms with E-state index in [1.165, 1.54) is 18.2 Å². The molecule has 1 rings (SSSR count). The summed E-state index contributed by atoms with van der Waals surface area (Å²) in [5.41, 5.74) is 0. The first-order chi connectivity index (χ1) is 7.97. The zero-order valence-electron chi connectivity index (χ0n) is 8.66. The highest BCUT2D eigenvalue weighted by Gasteiger charge is 2.13. The predicted octanol–water partition coefficient (Wildman–Crippen LogP) is 3.18. The summed E-state index contributed by atoms with van der Waals surface area (Å²) in [6.45, 7) is 0.204. The van der Waals surface area contributed by atoms with Crippen molar-refractivity contribution in [2.75, 3.05) is 12.4 Å². The van der Waals surface area contributed by atoms with Gasteiger partial charge in [-0.3, -0.25) is 0 Å². The zero-order chi connectivity index (χ0) is 12.9. The molecule has 0 saturated carbocycles. The van der Waals surface area contributed by atoms with Crippen molar-refractivity contribution < 1.29 is 8.42 Å². The Kier molecular flexibility index (Phi) is 5.95. The van der Waals surface area contributed by atoms with Crippen molar-refractivity contribution in [1.82, 2.24) is 4.72 Å². The lowest BCUT2D eigenvalue weighted by Crippen LogP contribution is -2.23. The third-order valence-electron chi connectivity index (χ3n) is 1.85. The number of hydrogen-bond acceptors (Lipinski definition) is 2. The summed E-state index contributed by atoms with van der Waals surface area (Å²) in [4.78, 5) is 0.160. The summed E-state index contributed by atoms with van der Waals surface area (Å²) in [5.74, 6) is 0.355. The van der Waals surface area contributed by atoms with Gasteiger partial charge in [-0.25, -0.2) is 13.1 Å². The van der Waals surface area contributed by atoms with Gasteiger partial charge in [0.1, 0.15) is 0 Å². The molecule has 0 aliphatic rings. The van der Waals surface area contributed by atoms with Gasteiger partial charge in [-0.15, -0.1) is 11.6 Å². The maximum absolute atomic E-state index is 11.8. The Labute approximate surface area is 119 Å². The first kappa shape index (κ1) is 15.0. The number of rotatable bonds is 5. The summed E-state index contributed by atoms with van der Waals surface area (Å²) in [5, 5.41) is 0.464. The summed E-state index contributed by atoms with van der Waals surface area (Å²) in [6, 6.07) is 4.42. The fourth-order valence-electron chi connectivity index (χ4n) is 1.03. The van der Waals surface area contributed by atoms with Crippen LogP contribution in [-0.4, -0.2) is 20.8 Å². The summed E-state index contributed by atoms with van der Waals surface area (Å²) in [7, 11) is -3.51. The van der Waals surface area contributed by atoms with Gasteiger partial charge in [0.15, 0.2) is 0 Å². The fourth-order valence-corrected chi connectivity index (χ4v) is 2.81. The first-order valence-corrected chi connectivity index (χ1v) is 7.82. The molecule has 0 bridgehead atoms. The van der Waals surface area contributed by atoms with E-state index in [-0.39, 0.29) is 11.4 Å². The minimum Gasteiger partial charge on any atom is -0.207 e. The smallest absolute Gasteiger partial charge is 0.207 e. The molecule has 17 heavy (non-hydrogen) atoms. The van der Waals surface area contributed by atoms with E-state index in [0.29, 0.717) is 15.4 Å². The molecule has 0 radical (unpaired) electrons. The van der Waals surface area contributed by atoms with Crippen molar-refractivity contribution in [3.8, 4) is 0 Å². The molecular weight excluding hydrogens is 349 g/mol. The number of nitrogens with one attached hydrogen (secondary N) is 1. The molecule has 0 atom stereocenters. The summed E-state index contributed by atoms with van der Waals surface area (Å²) >= 11 is 14.4. The topological polar surface area (TPSA) is 46.2 Å². The minimum absolute atomic E-state index is 0.160. The molecule has 0 fully saturated rings. The highest BCUT2D eigenvalue weighted by Crippen LogP contribution is 2.25. The molecule has 3 nitrogen and oxygen atoms in total. The number of sulfonamides is 1. The Bertz CT molecular complexity index is 517. The molecule has 0 aliphatic heterocycles. The maximum Gasteiger partial charge on any atom is 0.240 e. The van der Waals surface area contributed by atoms with Gasteiger partial charge >= 0.3 is 0 Å². The van der Waals surface area contributed by atoms with Crippen LogP contribution in [0.2, 0.25) is 5.02 Å². The van der Waals surface area contributed by atoms with Crippen molar-refractivity contribution in [1.29, 1.82) is 0 Å². The lowest BCUT2D eigenvalue weighted by molar-refractivity contribution is 0.585. The second-order valence-electron chi connectivity index (χ2n) is 3.05. The quantitative estimate of drug-likeness (QED) is 0.649. The van der Waals surface area contributed by atoms with Crippen molar-refractivity contribution in [2.24, 2.45) is 0 Å². The third-order valence-corrected chi connectivity index (χ3v) is 4.66. The van der Waals surface area contributed by atoms with E-state index < -0.39 is 10.0 Å². The molecule has 1 N–H and O–H groups in total. The van der Waals surface area contributed by atoms with Gasteiger partial charge < -0.3 is 0 Å². The lowest BCUT2D eigenvalue weighted by atomic mass is 10.4. The van der Waals surface area contributed by atoms with Crippen LogP contribution >= 0.6 is 39.1 Å². The van der Waals surface area contributed by atoms with Crippen LogP contribution in [0.3, 0.4) is 0 Å². The van der Waals surface area contributed by atoms with E-state index in [9.17, 15) is 8.42 Å². The number of hydrogen-bond donors (Lipinski definition) is 1. The number of benzene rings is 1. The number of halogens is 3. The van der Waals surface area contributed by atoms with E-state index in [1.807, 2.05) is 0 Å². The van der Waals surface area contributed by atoms with Gasteiger partial charge in [-0.1, -0.05) is 23.8 Å². The zero-order valence-corrected chi connectivity index (χ0v) is 12.6. The molecule has 1 aromatic rings. The average molecular weight is 359 g/mol. The molecule has 0 unspecified atom stereocenters. The van der Waals surface area contributed by atoms with E-state index in [0.717, 1.165) is 0 Å². The Balaban J connectivity index is 2.82. The lowest BCUT2D eigenvalue weighted by Gasteiger charge is -2.05. The first-order valence-electron chi connectivity index (χ1n) is 4.63. The van der Waals surface area contributed by atoms with Crippen molar-refractivity contribution in [3.63, 3.8) is 0 Å². The second-order valence-corrected chi connectivity index (χ2v) is 6.39. The van der Waals surface area contributed by atoms with Crippen LogP contribution in [0, 0.1) is 0 Å². The molecule has 0 amide bonds. The normalized spacial score (nSPS) is 12.2. The number of alkyl halides is 1. The molecule has 0 heterocycles. The molecule has 94 valence electrons. The molecule has 7 heteroatoms. The SMILES string of the molecule is O=S(=O)(NC/C=C/CCl)c1ccc(Cl)c(Br)c1. The van der Waals surface area contributed by atoms with Gasteiger partial charge in [-0.05, 0) is 34.1 Å². The highest BCUT2D eigenvalue weighted by atomic mass is 79.9. The van der Waals surface area contributed by atoms with Gasteiger partial charge in [0.25, 0.3) is 0 Å². The van der Waals surface area contributed by atoms with Gasteiger partial charge in [0.05, 0.1) is 9.92 Å². The van der Waals surface area contributed by atoms with Crippen LogP contribution in [0.5, 0.6) is 0 Å². The van der Waals surface area contributed by atoms with Gasteiger partial charge in [-0.2, -0.15) is 0 Å². The molecule has 0 aliphatic carbocycles. The van der Waals surface area contributed by atoms with Crippen LogP contribution < -0.4 is 4.72 Å². The second kappa shape index (κ2) is 6.75. The Morgan fingerprint density at radius 1 is 1.35 bits per heavy atom. The van der Waals surface area contributed by atoms with Crippen LogP contribution in [0.4, 0.5) is 0 Å². The van der Waals surface area contributed by atoms with Crippen LogP contribution in [0.25, 0.3) is 0 Å². The monoisotopic (exact) mass is 357 g/mol. The fraction of sp³-hybridized carbons (Fsp3) is 0.200. The Morgan fingerprint density at radius 3 is 2.65 bits per heavy atom. The summed E-state index contributed by atoms with van der Waals surface area (Å²) in [6.07, 6.45) is 3.32. The highest BCUT2D eigenvalue weighted by molar-refractivity contribution is 9.10. The molecular formula is C10H10BrCl2NO2S. The van der Waals surface area contributed by atoms with Gasteiger partial charge in [0, 0.05) is 16.9 Å². The van der Waals surface area contributed by atoms with Crippen LogP contribution in [0.1, 0.15) is 0 Å². The average Bonchev–Trinajstić information content (AvgIpc) is 2.28. The standard InChI is InChI=1S/C10H10BrCl2NO2S/c11-9-7-8(3-4-10(9)13)17(15,16)14-6-2-1-5-12/h1-4,7,14H,5-6H2/b2-1+. The van der Waals surface area contributed by atoms with E-state index in [1.54, 1.807) is 12.2 Å². The summed E-state index contributed by atoms with van der Waals surface area (Å²) < 4.78 is 26.6. The van der Waals surface area contributed by atoms with Gasteiger partial charge in [0.2, 0.25) is 10.0 Å². The Morgan fingerprint density at radius 2 is 2.06 bits per heavy atom. The Hall–Kier alpha value is -0.0700. The van der Waals surface area contributed by atoms with E-state index in [2.05, 4.69) is 20.7 Å². The van der Waals surface area contributed by atoms with E-state index in [4.69, 9.17) is 23.2 Å². The maximum atomic E-state index is 11.8.